The van der Waals surface area contributed by atoms with E-state index in [-0.39, 0.29) is 23.4 Å². The van der Waals surface area contributed by atoms with E-state index in [1.807, 2.05) is 71.2 Å². The van der Waals surface area contributed by atoms with Crippen molar-refractivity contribution in [2.24, 2.45) is 0 Å². The fourth-order valence-corrected chi connectivity index (χ4v) is 6.54. The number of aromatic nitrogens is 3. The van der Waals surface area contributed by atoms with E-state index in [0.29, 0.717) is 42.6 Å². The minimum Gasteiger partial charge on any atom is -0.489 e. The largest absolute Gasteiger partial charge is 0.489 e. The van der Waals surface area contributed by atoms with Gasteiger partial charge in [-0.15, -0.1) is 0 Å². The Kier molecular flexibility index (Phi) is 8.19. The molecule has 1 amide bonds. The topological polar surface area (TPSA) is 80.5 Å². The zero-order chi connectivity index (χ0) is 31.1. The summed E-state index contributed by atoms with van der Waals surface area (Å²) in [5, 5.41) is 4.77. The van der Waals surface area contributed by atoms with Gasteiger partial charge in [0.1, 0.15) is 29.6 Å². The summed E-state index contributed by atoms with van der Waals surface area (Å²) in [6.45, 7) is 10.2. The Morgan fingerprint density at radius 2 is 1.75 bits per heavy atom. The van der Waals surface area contributed by atoms with Gasteiger partial charge in [-0.3, -0.25) is 14.5 Å². The summed E-state index contributed by atoms with van der Waals surface area (Å²) < 4.78 is 22.5. The number of carbonyl (C=O) groups excluding carboxylic acids is 1. The number of ether oxygens (including phenoxy) is 1. The second-order valence-corrected chi connectivity index (χ2v) is 17.8. The Morgan fingerprint density at radius 1 is 1.02 bits per heavy atom. The average Bonchev–Trinajstić information content (AvgIpc) is 3.78. The average molecular weight is 613 g/mol. The van der Waals surface area contributed by atoms with Gasteiger partial charge in [-0.05, 0) is 91.2 Å². The Morgan fingerprint density at radius 3 is 2.41 bits per heavy atom. The summed E-state index contributed by atoms with van der Waals surface area (Å²) >= 11 is 0. The molecule has 44 heavy (non-hydrogen) atoms. The minimum atomic E-state index is -2.32. The van der Waals surface area contributed by atoms with E-state index >= 15 is 0 Å². The predicted octanol–water partition coefficient (Wildman–Crippen LogP) is 7.42. The molecule has 1 aliphatic carbocycles. The molecular weight excluding hydrogens is 571 g/mol. The van der Waals surface area contributed by atoms with Crippen molar-refractivity contribution in [3.8, 4) is 28.1 Å². The van der Waals surface area contributed by atoms with Crippen molar-refractivity contribution in [1.82, 2.24) is 19.7 Å². The van der Waals surface area contributed by atoms with Crippen LogP contribution in [0.1, 0.15) is 67.1 Å². The summed E-state index contributed by atoms with van der Waals surface area (Å²) in [7, 11) is -2.32. The van der Waals surface area contributed by atoms with Crippen LogP contribution in [0.2, 0.25) is 18.1 Å². The van der Waals surface area contributed by atoms with Crippen molar-refractivity contribution < 1.29 is 18.7 Å². The molecule has 1 saturated carbocycles. The van der Waals surface area contributed by atoms with E-state index in [2.05, 4.69) is 18.8 Å². The van der Waals surface area contributed by atoms with Crippen molar-refractivity contribution >= 4 is 14.2 Å². The number of hydrogen-bond acceptors (Lipinski definition) is 5. The molecule has 3 heterocycles. The van der Waals surface area contributed by atoms with Gasteiger partial charge in [-0.1, -0.05) is 38.1 Å². The van der Waals surface area contributed by atoms with Crippen LogP contribution < -0.4 is 4.74 Å². The first kappa shape index (κ1) is 30.2. The summed E-state index contributed by atoms with van der Waals surface area (Å²) in [6, 6.07) is 16.9. The highest BCUT2D eigenvalue weighted by Gasteiger charge is 2.38. The molecule has 0 bridgehead atoms. The zero-order valence-corrected chi connectivity index (χ0v) is 27.0. The number of hydrogen-bond donors (Lipinski definition) is 1. The summed E-state index contributed by atoms with van der Waals surface area (Å²) in [5.41, 5.74) is 5.43. The lowest BCUT2D eigenvalue weighted by Crippen LogP contribution is -2.42. The van der Waals surface area contributed by atoms with Gasteiger partial charge in [0.05, 0.1) is 6.54 Å². The first-order valence-corrected chi connectivity index (χ1v) is 18.5. The molecule has 2 aromatic heterocycles. The highest BCUT2D eigenvalue weighted by atomic mass is 28.4. The van der Waals surface area contributed by atoms with Crippen molar-refractivity contribution in [2.75, 3.05) is 13.1 Å². The smallest absolute Gasteiger partial charge is 0.272 e. The first-order chi connectivity index (χ1) is 21.0. The predicted molar refractivity (Wildman–Crippen MR) is 172 cm³/mol. The third-order valence-electron chi connectivity index (χ3n) is 9.53. The Labute approximate surface area is 259 Å². The monoisotopic (exact) mass is 612 g/mol. The van der Waals surface area contributed by atoms with E-state index in [1.54, 1.807) is 18.5 Å². The molecule has 9 heteroatoms. The van der Waals surface area contributed by atoms with Crippen LogP contribution in [0.4, 0.5) is 4.39 Å². The Hall–Kier alpha value is -3.82. The molecule has 1 aliphatic heterocycles. The Bertz CT molecular complexity index is 1640. The van der Waals surface area contributed by atoms with Gasteiger partial charge in [0, 0.05) is 42.2 Å². The van der Waals surface area contributed by atoms with Crippen molar-refractivity contribution in [3.63, 3.8) is 0 Å². The first-order valence-electron chi connectivity index (χ1n) is 15.6. The maximum absolute atomic E-state index is 14.7. The van der Waals surface area contributed by atoms with Crippen LogP contribution in [0.3, 0.4) is 0 Å². The summed E-state index contributed by atoms with van der Waals surface area (Å²) in [6.07, 6.45) is 7.41. The second-order valence-electron chi connectivity index (χ2n) is 13.3. The van der Waals surface area contributed by atoms with Gasteiger partial charge in [0.15, 0.2) is 8.32 Å². The maximum Gasteiger partial charge on any atom is 0.272 e. The van der Waals surface area contributed by atoms with E-state index < -0.39 is 8.32 Å². The number of fused-ring (bicyclic) bond motifs is 1. The van der Waals surface area contributed by atoms with Gasteiger partial charge in [0.2, 0.25) is 0 Å². The fraction of sp³-hybridized carbons (Fsp3) is 0.400. The van der Waals surface area contributed by atoms with Crippen LogP contribution in [0.25, 0.3) is 22.4 Å². The molecule has 0 unspecified atom stereocenters. The molecule has 2 aliphatic rings. The third kappa shape index (κ3) is 6.21. The van der Waals surface area contributed by atoms with Gasteiger partial charge in [0.25, 0.3) is 5.91 Å². The second kappa shape index (κ2) is 11.9. The van der Waals surface area contributed by atoms with E-state index in [9.17, 15) is 14.0 Å². The molecule has 7 nitrogen and oxygen atoms in total. The number of halogens is 1. The quantitative estimate of drug-likeness (QED) is 0.178. The maximum atomic E-state index is 14.7. The SMILES string of the molecule is CC(C)(CCCN1CCn2nc(-c3ccncc3)c(-c3ccc(OCc4ccc(C5CC5)cc4F)cc3)c2C1=O)[Si](C)(C)O. The van der Waals surface area contributed by atoms with Gasteiger partial charge < -0.3 is 14.4 Å². The lowest BCUT2D eigenvalue weighted by molar-refractivity contribution is 0.0694. The van der Waals surface area contributed by atoms with Gasteiger partial charge in [-0.25, -0.2) is 4.39 Å². The molecule has 1 N–H and O–H groups in total. The fourth-order valence-electron chi connectivity index (χ4n) is 5.75. The van der Waals surface area contributed by atoms with Gasteiger partial charge >= 0.3 is 0 Å². The molecular formula is C35H41FN4O3Si. The highest BCUT2D eigenvalue weighted by molar-refractivity contribution is 6.72. The number of pyridine rings is 1. The molecule has 6 rings (SSSR count). The molecule has 0 atom stereocenters. The van der Waals surface area contributed by atoms with E-state index in [0.717, 1.165) is 53.6 Å². The van der Waals surface area contributed by atoms with Crippen molar-refractivity contribution in [2.45, 2.75) is 76.7 Å². The summed E-state index contributed by atoms with van der Waals surface area (Å²) in [4.78, 5) is 30.8. The van der Waals surface area contributed by atoms with Crippen LogP contribution >= 0.6 is 0 Å². The lowest BCUT2D eigenvalue weighted by atomic mass is 9.98. The summed E-state index contributed by atoms with van der Waals surface area (Å²) in [5.74, 6) is 0.859. The normalized spacial score (nSPS) is 15.4. The molecule has 1 fully saturated rings. The number of amides is 1. The minimum absolute atomic E-state index is 0.0391. The molecule has 0 saturated heterocycles. The van der Waals surface area contributed by atoms with Crippen molar-refractivity contribution in [1.29, 1.82) is 0 Å². The van der Waals surface area contributed by atoms with Crippen LogP contribution in [-0.4, -0.2) is 51.8 Å². The van der Waals surface area contributed by atoms with Crippen LogP contribution in [0, 0.1) is 5.82 Å². The molecule has 0 radical (unpaired) electrons. The molecule has 230 valence electrons. The van der Waals surface area contributed by atoms with Gasteiger partial charge in [-0.2, -0.15) is 5.10 Å². The molecule has 2 aromatic carbocycles. The lowest BCUT2D eigenvalue weighted by Gasteiger charge is -2.36. The van der Waals surface area contributed by atoms with Crippen LogP contribution in [0.5, 0.6) is 5.75 Å². The zero-order valence-electron chi connectivity index (χ0n) is 26.0. The number of nitrogens with zero attached hydrogens (tertiary/aromatic N) is 4. The number of carbonyl (C=O) groups is 1. The van der Waals surface area contributed by atoms with E-state index in [1.165, 1.54) is 0 Å². The highest BCUT2D eigenvalue weighted by Crippen LogP contribution is 2.42. The van der Waals surface area contributed by atoms with E-state index in [4.69, 9.17) is 9.84 Å². The third-order valence-corrected chi connectivity index (χ3v) is 13.1. The van der Waals surface area contributed by atoms with Crippen LogP contribution in [-0.2, 0) is 13.2 Å². The molecule has 4 aromatic rings. The number of rotatable bonds is 11. The Balaban J connectivity index is 1.23. The van der Waals surface area contributed by atoms with Crippen molar-refractivity contribution in [3.05, 3.63) is 89.6 Å². The molecule has 0 spiro atoms. The standard InChI is InChI=1S/C35H41FN4O3Si/c1-35(2,44(3,4)42)16-5-19-39-20-21-40-33(34(39)41)31(32(38-40)26-14-17-37-18-15-26)25-10-12-29(13-11-25)43-23-28-9-8-27(22-30(28)36)24-6-7-24/h8-15,17-18,22,24,42H,5-7,16,19-21,23H2,1-4H3. The van der Waals surface area contributed by atoms with Crippen LogP contribution in [0.15, 0.2) is 67.0 Å². The number of benzene rings is 2.